The molecule has 3 unspecified atom stereocenters. The average molecular weight is 1140 g/mol. The monoisotopic (exact) mass is 1140 g/mol. The fourth-order valence-electron chi connectivity index (χ4n) is 9.46. The first kappa shape index (κ1) is 62.2. The predicted octanol–water partition coefficient (Wildman–Crippen LogP) is -2.64. The van der Waals surface area contributed by atoms with Gasteiger partial charge >= 0.3 is 0 Å². The van der Waals surface area contributed by atoms with Crippen molar-refractivity contribution < 1.29 is 57.8 Å². The number of carbonyl (C=O) groups is 11. The highest BCUT2D eigenvalue weighted by Gasteiger charge is 2.42. The third-order valence-electron chi connectivity index (χ3n) is 13.5. The van der Waals surface area contributed by atoms with Crippen molar-refractivity contribution in [2.24, 2.45) is 33.7 Å². The Morgan fingerprint density at radius 1 is 0.722 bits per heavy atom. The Bertz CT molecular complexity index is 2550. The van der Waals surface area contributed by atoms with Gasteiger partial charge in [-0.1, -0.05) is 83.3 Å². The molecule has 0 aromatic heterocycles. The number of hydrogen-bond acceptors (Lipinski definition) is 15. The predicted molar refractivity (Wildman–Crippen MR) is 293 cm³/mol. The highest BCUT2D eigenvalue weighted by atomic mass is 33.1. The molecule has 3 fully saturated rings. The SMILES string of the molecule is NC(=O)CCC1NC(=O)[C@H](Cc2ccccc2)NC(=O)C(Cc2ccc(O)cc2)NC(=O)CC2(CCCCC2)SSC[C@@H](C(=O)N2CCC[C@H]2C(=O)N[C@H](CCCN=C(N)N)C(=O)NCC(N)=O)NC(=O)C(CC(N)=O)NC1=O. The Hall–Kier alpha value is -7.62. The molecule has 18 N–H and O–H groups in total. The summed E-state index contributed by atoms with van der Waals surface area (Å²) in [6.07, 6.45) is 2.21. The molecule has 79 heavy (non-hydrogen) atoms. The minimum Gasteiger partial charge on any atom is -0.508 e. The van der Waals surface area contributed by atoms with Crippen LogP contribution >= 0.6 is 21.6 Å². The summed E-state index contributed by atoms with van der Waals surface area (Å²) in [5, 5.41) is 28.4. The molecule has 11 amide bonds. The van der Waals surface area contributed by atoms with Gasteiger partial charge in [0.05, 0.1) is 13.0 Å². The van der Waals surface area contributed by atoms with Crippen LogP contribution in [0.15, 0.2) is 59.6 Å². The summed E-state index contributed by atoms with van der Waals surface area (Å²) >= 11 is 0. The number of nitrogens with two attached hydrogens (primary N) is 5. The molecule has 26 nitrogen and oxygen atoms in total. The van der Waals surface area contributed by atoms with Gasteiger partial charge in [-0.05, 0) is 68.2 Å². The van der Waals surface area contributed by atoms with Crippen LogP contribution in [0.25, 0.3) is 0 Å². The molecule has 2 heterocycles. The number of aromatic hydroxyl groups is 1. The largest absolute Gasteiger partial charge is 0.508 e. The molecule has 3 aliphatic rings. The molecule has 2 aromatic carbocycles. The van der Waals surface area contributed by atoms with E-state index >= 15 is 0 Å². The molecule has 2 aliphatic heterocycles. The molecule has 2 saturated heterocycles. The highest BCUT2D eigenvalue weighted by molar-refractivity contribution is 8.77. The van der Waals surface area contributed by atoms with Crippen molar-refractivity contribution in [1.29, 1.82) is 0 Å². The molecule has 0 radical (unpaired) electrons. The van der Waals surface area contributed by atoms with Crippen LogP contribution in [0.3, 0.4) is 0 Å². The van der Waals surface area contributed by atoms with E-state index in [0.29, 0.717) is 30.4 Å². The van der Waals surface area contributed by atoms with Crippen molar-refractivity contribution in [2.45, 2.75) is 143 Å². The first-order valence-electron chi connectivity index (χ1n) is 26.0. The minimum atomic E-state index is -1.78. The summed E-state index contributed by atoms with van der Waals surface area (Å²) in [6, 6.07) is 4.67. The normalized spacial score (nSPS) is 22.8. The molecule has 5 rings (SSSR count). The van der Waals surface area contributed by atoms with Gasteiger partial charge < -0.3 is 75.9 Å². The topological polar surface area (TPSA) is 438 Å². The second-order valence-electron chi connectivity index (χ2n) is 19.8. The zero-order valence-electron chi connectivity index (χ0n) is 43.7. The van der Waals surface area contributed by atoms with Crippen molar-refractivity contribution in [2.75, 3.05) is 25.4 Å². The Morgan fingerprint density at radius 3 is 1.96 bits per heavy atom. The van der Waals surface area contributed by atoms with Crippen LogP contribution in [0.5, 0.6) is 5.75 Å². The van der Waals surface area contributed by atoms with Crippen LogP contribution in [0, 0.1) is 0 Å². The lowest BCUT2D eigenvalue weighted by Gasteiger charge is -2.37. The van der Waals surface area contributed by atoms with Gasteiger partial charge in [0.1, 0.15) is 48.0 Å². The number of nitrogens with zero attached hydrogens (tertiary/aromatic N) is 2. The van der Waals surface area contributed by atoms with Gasteiger partial charge in [0, 0.05) is 49.3 Å². The number of nitrogens with one attached hydrogen (secondary N) is 7. The number of benzene rings is 2. The molecular formula is C51H72N14O12S2. The van der Waals surface area contributed by atoms with E-state index in [0.717, 1.165) is 19.3 Å². The quantitative estimate of drug-likeness (QED) is 0.0296. The van der Waals surface area contributed by atoms with E-state index in [1.54, 1.807) is 42.5 Å². The standard InChI is InChI=1S/C51H72N14O12S2/c52-39(67)18-17-33-44(72)63-36(25-40(53)68)47(75)64-37(49(77)65-22-8-12-38(65)48(76)61-32(11-7-21-57-50(55)56)43(71)58-27-41(54)69)28-78-79-51(19-5-2-6-20-51)26-42(70)59-34(24-30-13-15-31(66)16-14-30)45(73)62-35(46(74)60-33)23-29-9-3-1-4-10-29/h1,3-4,9-10,13-16,32-38,66H,2,5-8,11-12,17-28H2,(H2,52,67)(H2,53,68)(H2,54,69)(H,58,71)(H,59,70)(H,60,74)(H,61,76)(H,62,73)(H,63,72)(H,64,75)(H4,55,56,57)/t32-,33?,34?,35+,36?,37+,38+/m1/s1. The summed E-state index contributed by atoms with van der Waals surface area (Å²) in [5.74, 6) is -9.66. The third-order valence-corrected chi connectivity index (χ3v) is 16.8. The number of phenolic OH excluding ortho intramolecular Hbond substituents is 1. The van der Waals surface area contributed by atoms with Crippen LogP contribution in [-0.4, -0.2) is 153 Å². The molecule has 28 heteroatoms. The smallest absolute Gasteiger partial charge is 0.246 e. The Labute approximate surface area is 464 Å². The lowest BCUT2D eigenvalue weighted by molar-refractivity contribution is -0.142. The van der Waals surface area contributed by atoms with Crippen LogP contribution in [0.4, 0.5) is 0 Å². The van der Waals surface area contributed by atoms with Crippen molar-refractivity contribution in [1.82, 2.24) is 42.1 Å². The van der Waals surface area contributed by atoms with Crippen molar-refractivity contribution >= 4 is 92.5 Å². The van der Waals surface area contributed by atoms with E-state index in [9.17, 15) is 57.8 Å². The lowest BCUT2D eigenvalue weighted by Crippen LogP contribution is -2.61. The Morgan fingerprint density at radius 2 is 1.33 bits per heavy atom. The average Bonchev–Trinajstić information content (AvgIpc) is 3.98. The van der Waals surface area contributed by atoms with Gasteiger partial charge in [0.15, 0.2) is 5.96 Å². The van der Waals surface area contributed by atoms with Gasteiger partial charge in [-0.3, -0.25) is 57.7 Å². The summed E-state index contributed by atoms with van der Waals surface area (Å²) in [7, 11) is 2.48. The van der Waals surface area contributed by atoms with Crippen molar-refractivity contribution in [3.63, 3.8) is 0 Å². The summed E-state index contributed by atoms with van der Waals surface area (Å²) < 4.78 is -0.759. The number of rotatable bonds is 19. The first-order valence-corrected chi connectivity index (χ1v) is 28.4. The molecule has 1 aliphatic carbocycles. The fourth-order valence-corrected chi connectivity index (χ4v) is 12.8. The fraction of sp³-hybridized carbons (Fsp3) is 0.529. The number of amides is 11. The molecule has 1 spiro atoms. The minimum absolute atomic E-state index is 0.0146. The van der Waals surface area contributed by atoms with Crippen LogP contribution in [0.2, 0.25) is 0 Å². The molecule has 7 atom stereocenters. The van der Waals surface area contributed by atoms with E-state index < -0.39 is 138 Å². The third kappa shape index (κ3) is 20.3. The van der Waals surface area contributed by atoms with E-state index in [1.165, 1.54) is 38.6 Å². The van der Waals surface area contributed by atoms with E-state index in [2.05, 4.69) is 42.2 Å². The zero-order valence-corrected chi connectivity index (χ0v) is 45.3. The number of guanidine groups is 1. The second kappa shape index (κ2) is 30.5. The van der Waals surface area contributed by atoms with E-state index in [4.69, 9.17) is 28.7 Å². The maximum atomic E-state index is 14.9. The molecular weight excluding hydrogens is 1060 g/mol. The Kier molecular flexibility index (Phi) is 24.0. The summed E-state index contributed by atoms with van der Waals surface area (Å²) in [4.78, 5) is 156. The second-order valence-corrected chi connectivity index (χ2v) is 22.6. The van der Waals surface area contributed by atoms with Gasteiger partial charge in [0.2, 0.25) is 65.0 Å². The molecule has 2 aromatic rings. The van der Waals surface area contributed by atoms with Crippen LogP contribution in [-0.2, 0) is 65.6 Å². The van der Waals surface area contributed by atoms with Gasteiger partial charge in [-0.15, -0.1) is 0 Å². The molecule has 0 bridgehead atoms. The number of hydrogen-bond donors (Lipinski definition) is 13. The summed E-state index contributed by atoms with van der Waals surface area (Å²) in [6.45, 7) is -0.395. The first-order chi connectivity index (χ1) is 37.6. The van der Waals surface area contributed by atoms with E-state index in [1.807, 2.05) is 0 Å². The van der Waals surface area contributed by atoms with Gasteiger partial charge in [0.25, 0.3) is 0 Å². The van der Waals surface area contributed by atoms with Crippen LogP contribution < -0.4 is 65.9 Å². The van der Waals surface area contributed by atoms with Gasteiger partial charge in [-0.25, -0.2) is 0 Å². The number of phenols is 1. The van der Waals surface area contributed by atoms with Gasteiger partial charge in [-0.2, -0.15) is 0 Å². The lowest BCUT2D eigenvalue weighted by atomic mass is 9.85. The Balaban J connectivity index is 1.53. The summed E-state index contributed by atoms with van der Waals surface area (Å²) in [5.41, 5.74) is 28.4. The number of primary amides is 3. The maximum absolute atomic E-state index is 14.9. The van der Waals surface area contributed by atoms with Crippen molar-refractivity contribution in [3.8, 4) is 5.75 Å². The zero-order chi connectivity index (χ0) is 57.6. The molecule has 1 saturated carbocycles. The number of likely N-dealkylation sites (tertiary alicyclic amines) is 1. The molecule has 430 valence electrons. The van der Waals surface area contributed by atoms with E-state index in [-0.39, 0.29) is 69.1 Å². The highest BCUT2D eigenvalue weighted by Crippen LogP contribution is 2.48. The maximum Gasteiger partial charge on any atom is 0.246 e. The number of aliphatic imine (C=N–C) groups is 1. The van der Waals surface area contributed by atoms with Crippen LogP contribution in [0.1, 0.15) is 94.6 Å². The number of carbonyl (C=O) groups excluding carboxylic acids is 11. The van der Waals surface area contributed by atoms with Crippen molar-refractivity contribution in [3.05, 3.63) is 65.7 Å².